The van der Waals surface area contributed by atoms with Crippen LogP contribution in [0, 0.1) is 12.8 Å². The highest BCUT2D eigenvalue weighted by Crippen LogP contribution is 2.17. The minimum atomic E-state index is 0.531. The van der Waals surface area contributed by atoms with Gasteiger partial charge in [-0.25, -0.2) is 4.98 Å². The number of nitrogens with one attached hydrogen (secondary N) is 2. The van der Waals surface area contributed by atoms with Gasteiger partial charge in [0.2, 0.25) is 0 Å². The second-order valence-corrected chi connectivity index (χ2v) is 7.58. The molecule has 6 heteroatoms. The number of hydrogen-bond acceptors (Lipinski definition) is 4. The van der Waals surface area contributed by atoms with Crippen LogP contribution >= 0.6 is 11.3 Å². The number of rotatable bonds is 5. The summed E-state index contributed by atoms with van der Waals surface area (Å²) in [6.07, 6.45) is 4.60. The van der Waals surface area contributed by atoms with E-state index in [9.17, 15) is 0 Å². The summed E-state index contributed by atoms with van der Waals surface area (Å²) in [4.78, 5) is 12.5. The maximum absolute atomic E-state index is 4.36. The van der Waals surface area contributed by atoms with Crippen LogP contribution in [0.4, 0.5) is 0 Å². The molecule has 1 fully saturated rings. The van der Waals surface area contributed by atoms with Crippen molar-refractivity contribution in [3.8, 4) is 0 Å². The fourth-order valence-electron chi connectivity index (χ4n) is 2.86. The van der Waals surface area contributed by atoms with Crippen LogP contribution in [0.3, 0.4) is 0 Å². The van der Waals surface area contributed by atoms with Gasteiger partial charge in [-0.15, -0.1) is 11.3 Å². The number of piperidine rings is 1. The van der Waals surface area contributed by atoms with Gasteiger partial charge in [0.05, 0.1) is 6.54 Å². The van der Waals surface area contributed by atoms with Gasteiger partial charge in [0.25, 0.3) is 0 Å². The van der Waals surface area contributed by atoms with E-state index in [1.54, 1.807) is 11.3 Å². The molecule has 1 aromatic heterocycles. The first kappa shape index (κ1) is 17.2. The van der Waals surface area contributed by atoms with Crippen LogP contribution in [-0.2, 0) is 6.54 Å². The molecule has 0 saturated carbocycles. The van der Waals surface area contributed by atoms with Crippen molar-refractivity contribution in [2.75, 3.05) is 26.7 Å². The highest BCUT2D eigenvalue weighted by molar-refractivity contribution is 7.11. The number of aliphatic imine (C=N–C) groups is 1. The monoisotopic (exact) mass is 323 g/mol. The molecule has 0 radical (unpaired) electrons. The summed E-state index contributed by atoms with van der Waals surface area (Å²) in [6.45, 7) is 10.8. The minimum absolute atomic E-state index is 0.531. The van der Waals surface area contributed by atoms with E-state index >= 15 is 0 Å². The van der Waals surface area contributed by atoms with E-state index in [0.717, 1.165) is 30.0 Å². The first-order valence-corrected chi connectivity index (χ1v) is 9.00. The van der Waals surface area contributed by atoms with Gasteiger partial charge in [-0.1, -0.05) is 6.92 Å². The molecule has 1 aliphatic rings. The zero-order valence-corrected chi connectivity index (χ0v) is 15.0. The Morgan fingerprint density at radius 3 is 3.00 bits per heavy atom. The van der Waals surface area contributed by atoms with Crippen molar-refractivity contribution in [1.82, 2.24) is 20.5 Å². The Morgan fingerprint density at radius 1 is 1.55 bits per heavy atom. The molecular weight excluding hydrogens is 294 g/mol. The summed E-state index contributed by atoms with van der Waals surface area (Å²) >= 11 is 1.72. The fourth-order valence-corrected chi connectivity index (χ4v) is 3.59. The molecule has 1 aliphatic heterocycles. The van der Waals surface area contributed by atoms with Crippen LogP contribution in [0.5, 0.6) is 0 Å². The van der Waals surface area contributed by atoms with Crippen molar-refractivity contribution in [2.24, 2.45) is 10.9 Å². The van der Waals surface area contributed by atoms with E-state index in [4.69, 9.17) is 0 Å². The molecular formula is C16H29N5S. The van der Waals surface area contributed by atoms with Crippen LogP contribution < -0.4 is 10.6 Å². The third kappa shape index (κ3) is 5.25. The third-order valence-corrected chi connectivity index (χ3v) is 5.09. The normalized spacial score (nSPS) is 21.6. The Labute approximate surface area is 138 Å². The zero-order chi connectivity index (χ0) is 15.9. The Kier molecular flexibility index (Phi) is 6.64. The maximum Gasteiger partial charge on any atom is 0.191 e. The standard InChI is InChI=1S/C16H29N5S/c1-12-6-5-7-21(11-12)13(2)8-19-16(17-4)20-10-15-18-9-14(3)22-15/h9,12-13H,5-8,10-11H2,1-4H3,(H2,17,19,20). The van der Waals surface area contributed by atoms with Crippen LogP contribution in [0.2, 0.25) is 0 Å². The predicted octanol–water partition coefficient (Wildman–Crippen LogP) is 2.24. The Bertz CT molecular complexity index is 485. The van der Waals surface area contributed by atoms with Crippen molar-refractivity contribution in [3.63, 3.8) is 0 Å². The Hall–Kier alpha value is -1.14. The smallest absolute Gasteiger partial charge is 0.191 e. The SMILES string of the molecule is CN=C(NCc1ncc(C)s1)NCC(C)N1CCCC(C)C1. The lowest BCUT2D eigenvalue weighted by molar-refractivity contribution is 0.139. The maximum atomic E-state index is 4.36. The van der Waals surface area contributed by atoms with Gasteiger partial charge in [0.15, 0.2) is 5.96 Å². The van der Waals surface area contributed by atoms with Gasteiger partial charge in [-0.2, -0.15) is 0 Å². The summed E-state index contributed by atoms with van der Waals surface area (Å²) in [5.41, 5.74) is 0. The second kappa shape index (κ2) is 8.48. The molecule has 0 aromatic carbocycles. The van der Waals surface area contributed by atoms with Crippen molar-refractivity contribution >= 4 is 17.3 Å². The van der Waals surface area contributed by atoms with Gasteiger partial charge in [0, 0.05) is 37.3 Å². The fraction of sp³-hybridized carbons (Fsp3) is 0.750. The van der Waals surface area contributed by atoms with E-state index < -0.39 is 0 Å². The van der Waals surface area contributed by atoms with E-state index in [0.29, 0.717) is 6.04 Å². The van der Waals surface area contributed by atoms with Crippen LogP contribution in [0.1, 0.15) is 36.6 Å². The molecule has 1 saturated heterocycles. The number of aryl methyl sites for hydroxylation is 1. The van der Waals surface area contributed by atoms with E-state index in [2.05, 4.69) is 46.3 Å². The average molecular weight is 324 g/mol. The largest absolute Gasteiger partial charge is 0.355 e. The molecule has 1 aromatic rings. The first-order valence-electron chi connectivity index (χ1n) is 8.18. The first-order chi connectivity index (χ1) is 10.6. The summed E-state index contributed by atoms with van der Waals surface area (Å²) in [7, 11) is 1.82. The lowest BCUT2D eigenvalue weighted by Crippen LogP contribution is -2.48. The van der Waals surface area contributed by atoms with Gasteiger partial charge in [-0.3, -0.25) is 9.89 Å². The molecule has 0 aliphatic carbocycles. The van der Waals surface area contributed by atoms with Gasteiger partial charge in [0.1, 0.15) is 5.01 Å². The summed E-state index contributed by atoms with van der Waals surface area (Å²) in [5.74, 6) is 1.67. The summed E-state index contributed by atoms with van der Waals surface area (Å²) in [5, 5.41) is 7.86. The molecule has 0 spiro atoms. The van der Waals surface area contributed by atoms with Crippen LogP contribution in [0.15, 0.2) is 11.2 Å². The molecule has 2 N–H and O–H groups in total. The molecule has 5 nitrogen and oxygen atoms in total. The number of likely N-dealkylation sites (tertiary alicyclic amines) is 1. The lowest BCUT2D eigenvalue weighted by atomic mass is 9.99. The topological polar surface area (TPSA) is 52.6 Å². The zero-order valence-electron chi connectivity index (χ0n) is 14.2. The molecule has 2 rings (SSSR count). The molecule has 22 heavy (non-hydrogen) atoms. The molecule has 2 atom stereocenters. The molecule has 2 heterocycles. The van der Waals surface area contributed by atoms with Crippen molar-refractivity contribution in [1.29, 1.82) is 0 Å². The quantitative estimate of drug-likeness (QED) is 0.644. The number of aromatic nitrogens is 1. The van der Waals surface area contributed by atoms with Crippen LogP contribution in [-0.4, -0.2) is 48.6 Å². The highest BCUT2D eigenvalue weighted by Gasteiger charge is 2.20. The van der Waals surface area contributed by atoms with Crippen molar-refractivity contribution in [2.45, 2.75) is 46.2 Å². The second-order valence-electron chi connectivity index (χ2n) is 6.26. The highest BCUT2D eigenvalue weighted by atomic mass is 32.1. The number of thiazole rings is 1. The van der Waals surface area contributed by atoms with Gasteiger partial charge >= 0.3 is 0 Å². The van der Waals surface area contributed by atoms with Gasteiger partial charge in [-0.05, 0) is 39.2 Å². The molecule has 124 valence electrons. The molecule has 2 unspecified atom stereocenters. The van der Waals surface area contributed by atoms with Crippen LogP contribution in [0.25, 0.3) is 0 Å². The third-order valence-electron chi connectivity index (χ3n) is 4.18. The molecule has 0 bridgehead atoms. The van der Waals surface area contributed by atoms with Crippen molar-refractivity contribution in [3.05, 3.63) is 16.1 Å². The van der Waals surface area contributed by atoms with Gasteiger partial charge < -0.3 is 10.6 Å². The predicted molar refractivity (Wildman–Crippen MR) is 94.5 cm³/mol. The lowest BCUT2D eigenvalue weighted by Gasteiger charge is -2.35. The van der Waals surface area contributed by atoms with Crippen molar-refractivity contribution < 1.29 is 0 Å². The molecule has 0 amide bonds. The summed E-state index contributed by atoms with van der Waals surface area (Å²) < 4.78 is 0. The number of nitrogens with zero attached hydrogens (tertiary/aromatic N) is 3. The minimum Gasteiger partial charge on any atom is -0.355 e. The Morgan fingerprint density at radius 2 is 2.36 bits per heavy atom. The van der Waals surface area contributed by atoms with E-state index in [-0.39, 0.29) is 0 Å². The van der Waals surface area contributed by atoms with E-state index in [1.165, 1.54) is 30.8 Å². The number of guanidine groups is 1. The number of hydrogen-bond donors (Lipinski definition) is 2. The average Bonchev–Trinajstić information content (AvgIpc) is 2.92. The summed E-state index contributed by atoms with van der Waals surface area (Å²) in [6, 6.07) is 0.531. The Balaban J connectivity index is 1.73. The van der Waals surface area contributed by atoms with E-state index in [1.807, 2.05) is 13.2 Å².